The summed E-state index contributed by atoms with van der Waals surface area (Å²) in [7, 11) is 0.931. The molecule has 12 heteroatoms. The molecule has 0 spiro atoms. The Balaban J connectivity index is 1.90. The van der Waals surface area contributed by atoms with Gasteiger partial charge in [0.15, 0.2) is 11.4 Å². The number of hydrogen-bond donors (Lipinski definition) is 1. The lowest BCUT2D eigenvalue weighted by Gasteiger charge is -2.20. The molecule has 0 aliphatic rings. The van der Waals surface area contributed by atoms with E-state index in [1.807, 2.05) is 0 Å². The number of methoxy groups -OCH3 is 1. The van der Waals surface area contributed by atoms with Crippen LogP contribution in [0.25, 0.3) is 5.65 Å². The molecule has 0 bridgehead atoms. The molecule has 3 rings (SSSR count). The van der Waals surface area contributed by atoms with Gasteiger partial charge in [-0.25, -0.2) is 13.8 Å². The largest absolute Gasteiger partial charge is 0.485 e. The number of fused-ring (bicyclic) bond motifs is 1. The highest BCUT2D eigenvalue weighted by Gasteiger charge is 2.43. The maximum atomic E-state index is 13.9. The predicted octanol–water partition coefficient (Wildman–Crippen LogP) is 3.72. The van der Waals surface area contributed by atoms with E-state index in [9.17, 15) is 31.5 Å². The van der Waals surface area contributed by atoms with Crippen molar-refractivity contribution in [3.63, 3.8) is 0 Å². The number of benzene rings is 1. The van der Waals surface area contributed by atoms with Crippen molar-refractivity contribution in [1.82, 2.24) is 14.7 Å². The van der Waals surface area contributed by atoms with Crippen LogP contribution in [0.2, 0.25) is 0 Å². The third kappa shape index (κ3) is 5.21. The van der Waals surface area contributed by atoms with E-state index in [1.165, 1.54) is 35.7 Å². The fourth-order valence-corrected chi connectivity index (χ4v) is 3.09. The number of carbonyl (C=O) groups excluding carboxylic acids is 2. The fraction of sp³-hybridized carbons (Fsp3) is 0.286. The van der Waals surface area contributed by atoms with Crippen LogP contribution in [0.15, 0.2) is 36.5 Å². The van der Waals surface area contributed by atoms with Crippen LogP contribution in [0, 0.1) is 18.6 Å². The molecule has 7 nitrogen and oxygen atoms in total. The average molecular weight is 471 g/mol. The van der Waals surface area contributed by atoms with Crippen LogP contribution in [0.1, 0.15) is 28.2 Å². The van der Waals surface area contributed by atoms with Crippen molar-refractivity contribution < 1.29 is 41.0 Å². The molecular weight excluding hydrogens is 453 g/mol. The van der Waals surface area contributed by atoms with Crippen molar-refractivity contribution in [2.45, 2.75) is 32.2 Å². The Labute approximate surface area is 184 Å². The predicted molar refractivity (Wildman–Crippen MR) is 105 cm³/mol. The van der Waals surface area contributed by atoms with Gasteiger partial charge in [-0.1, -0.05) is 6.07 Å². The monoisotopic (exact) mass is 471 g/mol. The number of halogens is 5. The molecular formula is C21H18F5N3O4. The summed E-state index contributed by atoms with van der Waals surface area (Å²) >= 11 is 0. The van der Waals surface area contributed by atoms with Crippen molar-refractivity contribution in [2.24, 2.45) is 0 Å². The zero-order chi connectivity index (χ0) is 24.3. The number of nitrogens with zero attached hydrogens (tertiary/aromatic N) is 2. The molecule has 0 saturated carbocycles. The molecule has 1 unspecified atom stereocenters. The third-order valence-corrected chi connectivity index (χ3v) is 4.74. The SMILES string of the molecule is COC(=O)CC(NC(=O)c1c(C)nc2c(OCc3c(F)cccc3F)cccn12)C(F)(F)F. The number of nitrogens with one attached hydrogen (secondary N) is 1. The van der Waals surface area contributed by atoms with E-state index in [-0.39, 0.29) is 28.3 Å². The van der Waals surface area contributed by atoms with Crippen LogP contribution in [0.5, 0.6) is 5.75 Å². The summed E-state index contributed by atoms with van der Waals surface area (Å²) in [5.41, 5.74) is -0.434. The molecule has 0 saturated heterocycles. The van der Waals surface area contributed by atoms with E-state index in [1.54, 1.807) is 5.32 Å². The van der Waals surface area contributed by atoms with Crippen LogP contribution in [0.3, 0.4) is 0 Å². The molecule has 0 aliphatic carbocycles. The molecule has 1 amide bonds. The molecule has 2 aromatic heterocycles. The molecule has 0 aliphatic heterocycles. The van der Waals surface area contributed by atoms with Crippen molar-refractivity contribution in [1.29, 1.82) is 0 Å². The maximum Gasteiger partial charge on any atom is 0.409 e. The highest BCUT2D eigenvalue weighted by atomic mass is 19.4. The van der Waals surface area contributed by atoms with Crippen LogP contribution < -0.4 is 10.1 Å². The van der Waals surface area contributed by atoms with Gasteiger partial charge in [-0.15, -0.1) is 0 Å². The van der Waals surface area contributed by atoms with Crippen molar-refractivity contribution >= 4 is 17.5 Å². The lowest BCUT2D eigenvalue weighted by Crippen LogP contribution is -2.47. The second kappa shape index (κ2) is 9.43. The van der Waals surface area contributed by atoms with Gasteiger partial charge in [0.05, 0.1) is 24.8 Å². The Morgan fingerprint density at radius 3 is 2.42 bits per heavy atom. The van der Waals surface area contributed by atoms with Gasteiger partial charge in [-0.2, -0.15) is 13.2 Å². The number of carbonyl (C=O) groups is 2. The molecule has 33 heavy (non-hydrogen) atoms. The van der Waals surface area contributed by atoms with Gasteiger partial charge >= 0.3 is 12.1 Å². The zero-order valence-electron chi connectivity index (χ0n) is 17.4. The minimum atomic E-state index is -4.91. The highest BCUT2D eigenvalue weighted by Crippen LogP contribution is 2.26. The summed E-state index contributed by atoms with van der Waals surface area (Å²) in [6, 6.07) is 3.70. The summed E-state index contributed by atoms with van der Waals surface area (Å²) in [6.07, 6.45) is -4.65. The number of hydrogen-bond acceptors (Lipinski definition) is 5. The van der Waals surface area contributed by atoms with Gasteiger partial charge in [0.2, 0.25) is 0 Å². The van der Waals surface area contributed by atoms with Crippen LogP contribution in [0.4, 0.5) is 22.0 Å². The minimum absolute atomic E-state index is 0.0456. The summed E-state index contributed by atoms with van der Waals surface area (Å²) in [4.78, 5) is 28.2. The number of aryl methyl sites for hydroxylation is 1. The summed E-state index contributed by atoms with van der Waals surface area (Å²) in [5, 5.41) is 1.78. The Bertz CT molecular complexity index is 1170. The molecule has 2 heterocycles. The second-order valence-corrected chi connectivity index (χ2v) is 6.95. The van der Waals surface area contributed by atoms with E-state index >= 15 is 0 Å². The van der Waals surface area contributed by atoms with Crippen molar-refractivity contribution in [3.8, 4) is 5.75 Å². The van der Waals surface area contributed by atoms with Gasteiger partial charge in [0.25, 0.3) is 5.91 Å². The smallest absolute Gasteiger partial charge is 0.409 e. The number of alkyl halides is 3. The van der Waals surface area contributed by atoms with Crippen LogP contribution in [-0.4, -0.2) is 40.6 Å². The lowest BCUT2D eigenvalue weighted by atomic mass is 10.2. The summed E-state index contributed by atoms with van der Waals surface area (Å²) in [6.45, 7) is 0.909. The van der Waals surface area contributed by atoms with E-state index in [2.05, 4.69) is 9.72 Å². The maximum absolute atomic E-state index is 13.9. The molecule has 0 radical (unpaired) electrons. The summed E-state index contributed by atoms with van der Waals surface area (Å²) in [5.74, 6) is -3.87. The number of amides is 1. The normalized spacial score (nSPS) is 12.5. The minimum Gasteiger partial charge on any atom is -0.485 e. The Morgan fingerprint density at radius 1 is 1.15 bits per heavy atom. The number of pyridine rings is 1. The Kier molecular flexibility index (Phi) is 6.84. The van der Waals surface area contributed by atoms with Gasteiger partial charge < -0.3 is 14.8 Å². The number of ether oxygens (including phenoxy) is 2. The molecule has 0 fully saturated rings. The number of aromatic nitrogens is 2. The highest BCUT2D eigenvalue weighted by molar-refractivity contribution is 5.95. The van der Waals surface area contributed by atoms with Crippen molar-refractivity contribution in [2.75, 3.05) is 7.11 Å². The first-order valence-corrected chi connectivity index (χ1v) is 9.50. The number of esters is 1. The van der Waals surface area contributed by atoms with Crippen molar-refractivity contribution in [3.05, 3.63) is 65.1 Å². The van der Waals surface area contributed by atoms with Crippen LogP contribution in [-0.2, 0) is 16.1 Å². The van der Waals surface area contributed by atoms with E-state index in [4.69, 9.17) is 4.74 Å². The van der Waals surface area contributed by atoms with Crippen LogP contribution >= 0.6 is 0 Å². The third-order valence-electron chi connectivity index (χ3n) is 4.74. The lowest BCUT2D eigenvalue weighted by molar-refractivity contribution is -0.166. The zero-order valence-corrected chi connectivity index (χ0v) is 17.4. The molecule has 176 valence electrons. The quantitative estimate of drug-likeness (QED) is 0.420. The fourth-order valence-electron chi connectivity index (χ4n) is 3.09. The van der Waals surface area contributed by atoms with E-state index in [0.29, 0.717) is 0 Å². The number of rotatable bonds is 7. The van der Waals surface area contributed by atoms with E-state index < -0.39 is 48.8 Å². The topological polar surface area (TPSA) is 81.9 Å². The standard InChI is InChI=1S/C21H18F5N3O4/c1-11-18(20(31)28-16(21(24,25)26)9-17(30)32-2)29-8-4-7-15(19(29)27-11)33-10-12-13(22)5-3-6-14(12)23/h3-8,16H,9-10H2,1-2H3,(H,28,31). The Morgan fingerprint density at radius 2 is 1.82 bits per heavy atom. The molecule has 1 N–H and O–H groups in total. The summed E-state index contributed by atoms with van der Waals surface area (Å²) < 4.78 is 78.5. The van der Waals surface area contributed by atoms with Gasteiger partial charge in [-0.05, 0) is 31.2 Å². The van der Waals surface area contributed by atoms with E-state index in [0.717, 1.165) is 19.2 Å². The second-order valence-electron chi connectivity index (χ2n) is 6.95. The first kappa shape index (κ1) is 24.0. The first-order valence-electron chi connectivity index (χ1n) is 9.50. The Hall–Kier alpha value is -3.70. The number of imidazole rings is 1. The van der Waals surface area contributed by atoms with Gasteiger partial charge in [0.1, 0.15) is 30.0 Å². The van der Waals surface area contributed by atoms with Gasteiger partial charge in [-0.3, -0.25) is 14.0 Å². The molecule has 1 aromatic carbocycles. The molecule has 3 aromatic rings. The first-order chi connectivity index (χ1) is 15.5. The average Bonchev–Trinajstić information content (AvgIpc) is 3.08. The molecule has 1 atom stereocenters. The van der Waals surface area contributed by atoms with Gasteiger partial charge in [0, 0.05) is 6.20 Å².